The van der Waals surface area contributed by atoms with Gasteiger partial charge < -0.3 is 5.73 Å². The van der Waals surface area contributed by atoms with E-state index in [0.29, 0.717) is 0 Å². The Kier molecular flexibility index (Phi) is 4.15. The Morgan fingerprint density at radius 3 is 2.44 bits per heavy atom. The molecule has 0 radical (unpaired) electrons. The molecular weight excluding hydrogens is 288 g/mol. The third kappa shape index (κ3) is 2.98. The van der Waals surface area contributed by atoms with Gasteiger partial charge in [0, 0.05) is 10.7 Å². The summed E-state index contributed by atoms with van der Waals surface area (Å²) in [7, 11) is 0. The van der Waals surface area contributed by atoms with Crippen LogP contribution in [0, 0.1) is 0 Å². The van der Waals surface area contributed by atoms with E-state index in [-0.39, 0.29) is 0 Å². The van der Waals surface area contributed by atoms with Crippen LogP contribution in [-0.2, 0) is 12.0 Å². The maximum Gasteiger partial charge on any atom is 0.0621 e. The summed E-state index contributed by atoms with van der Waals surface area (Å²) >= 11 is 3.44. The molecule has 0 saturated heterocycles. The summed E-state index contributed by atoms with van der Waals surface area (Å²) in [5.41, 5.74) is 8.30. The van der Waals surface area contributed by atoms with Gasteiger partial charge in [0.15, 0.2) is 0 Å². The predicted octanol–water partition coefficient (Wildman–Crippen LogP) is 3.65. The molecule has 0 aliphatic rings. The Labute approximate surface area is 116 Å². The molecule has 0 fully saturated rings. The zero-order chi connectivity index (χ0) is 13.0. The number of aromatic nitrogens is 1. The lowest BCUT2D eigenvalue weighted by molar-refractivity contribution is 0.412. The molecule has 2 nitrogen and oxygen atoms in total. The minimum absolute atomic E-state index is 0.394. The molecule has 0 amide bonds. The van der Waals surface area contributed by atoms with E-state index < -0.39 is 5.54 Å². The third-order valence-electron chi connectivity index (χ3n) is 3.24. The molecule has 1 heterocycles. The fourth-order valence-electron chi connectivity index (χ4n) is 2.02. The Balaban J connectivity index is 2.26. The Morgan fingerprint density at radius 1 is 1.17 bits per heavy atom. The topological polar surface area (TPSA) is 38.9 Å². The molecule has 0 bridgehead atoms. The average Bonchev–Trinajstić information content (AvgIpc) is 2.42. The monoisotopic (exact) mass is 304 g/mol. The molecule has 1 aromatic heterocycles. The van der Waals surface area contributed by atoms with Crippen molar-refractivity contribution in [1.82, 2.24) is 4.98 Å². The van der Waals surface area contributed by atoms with Crippen molar-refractivity contribution in [2.24, 2.45) is 5.73 Å². The maximum atomic E-state index is 6.51. The van der Waals surface area contributed by atoms with Crippen molar-refractivity contribution < 1.29 is 0 Å². The first kappa shape index (κ1) is 13.2. The van der Waals surface area contributed by atoms with Gasteiger partial charge in [-0.3, -0.25) is 4.98 Å². The van der Waals surface area contributed by atoms with Crippen LogP contribution >= 0.6 is 15.9 Å². The molecule has 0 spiro atoms. The van der Waals surface area contributed by atoms with Gasteiger partial charge in [-0.15, -0.1) is 0 Å². The standard InChI is InChI=1S/C15H17BrN2/c1-2-15(17,14-5-3-4-10-18-14)11-12-6-8-13(16)9-7-12/h3-10H,2,11,17H2,1H3. The highest BCUT2D eigenvalue weighted by molar-refractivity contribution is 9.10. The van der Waals surface area contributed by atoms with Crippen molar-refractivity contribution in [3.8, 4) is 0 Å². The first-order chi connectivity index (χ1) is 8.64. The first-order valence-electron chi connectivity index (χ1n) is 6.09. The van der Waals surface area contributed by atoms with E-state index in [1.54, 1.807) is 6.20 Å². The van der Waals surface area contributed by atoms with Crippen molar-refractivity contribution in [2.75, 3.05) is 0 Å². The second kappa shape index (κ2) is 5.63. The molecule has 94 valence electrons. The van der Waals surface area contributed by atoms with Gasteiger partial charge in [-0.25, -0.2) is 0 Å². The van der Waals surface area contributed by atoms with Gasteiger partial charge in [-0.05, 0) is 42.7 Å². The van der Waals surface area contributed by atoms with Gasteiger partial charge in [0.2, 0.25) is 0 Å². The summed E-state index contributed by atoms with van der Waals surface area (Å²) in [4.78, 5) is 4.40. The number of rotatable bonds is 4. The zero-order valence-corrected chi connectivity index (χ0v) is 12.0. The highest BCUT2D eigenvalue weighted by Gasteiger charge is 2.26. The smallest absolute Gasteiger partial charge is 0.0621 e. The fraction of sp³-hybridized carbons (Fsp3) is 0.267. The lowest BCUT2D eigenvalue weighted by Gasteiger charge is -2.27. The number of halogens is 1. The minimum Gasteiger partial charge on any atom is -0.320 e. The number of nitrogens with two attached hydrogens (primary N) is 1. The summed E-state index contributed by atoms with van der Waals surface area (Å²) in [5.74, 6) is 0. The molecule has 1 atom stereocenters. The molecule has 1 unspecified atom stereocenters. The fourth-order valence-corrected chi connectivity index (χ4v) is 2.28. The SMILES string of the molecule is CCC(N)(Cc1ccc(Br)cc1)c1ccccn1. The number of nitrogens with zero attached hydrogens (tertiary/aromatic N) is 1. The number of hydrogen-bond donors (Lipinski definition) is 1. The van der Waals surface area contributed by atoms with Crippen molar-refractivity contribution in [3.63, 3.8) is 0 Å². The van der Waals surface area contributed by atoms with Gasteiger partial charge in [0.1, 0.15) is 0 Å². The van der Waals surface area contributed by atoms with Crippen molar-refractivity contribution in [3.05, 3.63) is 64.4 Å². The van der Waals surface area contributed by atoms with E-state index in [1.807, 2.05) is 30.3 Å². The van der Waals surface area contributed by atoms with Crippen LogP contribution in [0.5, 0.6) is 0 Å². The summed E-state index contributed by atoms with van der Waals surface area (Å²) in [6.45, 7) is 2.10. The van der Waals surface area contributed by atoms with Crippen LogP contribution in [0.3, 0.4) is 0 Å². The van der Waals surface area contributed by atoms with Crippen molar-refractivity contribution in [2.45, 2.75) is 25.3 Å². The Morgan fingerprint density at radius 2 is 1.89 bits per heavy atom. The zero-order valence-electron chi connectivity index (χ0n) is 10.4. The van der Waals surface area contributed by atoms with E-state index in [1.165, 1.54) is 5.56 Å². The van der Waals surface area contributed by atoms with Gasteiger partial charge >= 0.3 is 0 Å². The molecule has 3 heteroatoms. The third-order valence-corrected chi connectivity index (χ3v) is 3.77. The van der Waals surface area contributed by atoms with Crippen LogP contribution in [-0.4, -0.2) is 4.98 Å². The summed E-state index contributed by atoms with van der Waals surface area (Å²) in [6, 6.07) is 14.2. The van der Waals surface area contributed by atoms with Crippen LogP contribution in [0.4, 0.5) is 0 Å². The molecule has 2 N–H and O–H groups in total. The lowest BCUT2D eigenvalue weighted by Crippen LogP contribution is -2.39. The van der Waals surface area contributed by atoms with Crippen LogP contribution in [0.15, 0.2) is 53.1 Å². The Bertz CT molecular complexity index is 496. The number of benzene rings is 1. The van der Waals surface area contributed by atoms with Gasteiger partial charge in [0.25, 0.3) is 0 Å². The van der Waals surface area contributed by atoms with E-state index >= 15 is 0 Å². The highest BCUT2D eigenvalue weighted by atomic mass is 79.9. The molecule has 1 aromatic carbocycles. The lowest BCUT2D eigenvalue weighted by atomic mass is 9.86. The largest absolute Gasteiger partial charge is 0.320 e. The average molecular weight is 305 g/mol. The van der Waals surface area contributed by atoms with Gasteiger partial charge in [0.05, 0.1) is 11.2 Å². The van der Waals surface area contributed by atoms with Gasteiger partial charge in [-0.1, -0.05) is 41.1 Å². The molecule has 2 rings (SSSR count). The molecule has 0 saturated carbocycles. The first-order valence-corrected chi connectivity index (χ1v) is 6.88. The molecule has 18 heavy (non-hydrogen) atoms. The highest BCUT2D eigenvalue weighted by Crippen LogP contribution is 2.25. The molecule has 0 aliphatic carbocycles. The van der Waals surface area contributed by atoms with Crippen LogP contribution in [0.25, 0.3) is 0 Å². The normalized spacial score (nSPS) is 14.2. The minimum atomic E-state index is -0.394. The van der Waals surface area contributed by atoms with E-state index in [0.717, 1.165) is 23.0 Å². The second-order valence-electron chi connectivity index (χ2n) is 4.53. The van der Waals surface area contributed by atoms with Crippen LogP contribution in [0.1, 0.15) is 24.6 Å². The molecule has 2 aromatic rings. The van der Waals surface area contributed by atoms with Crippen LogP contribution in [0.2, 0.25) is 0 Å². The van der Waals surface area contributed by atoms with E-state index in [9.17, 15) is 0 Å². The van der Waals surface area contributed by atoms with Crippen LogP contribution < -0.4 is 5.73 Å². The number of pyridine rings is 1. The van der Waals surface area contributed by atoms with Crippen molar-refractivity contribution >= 4 is 15.9 Å². The van der Waals surface area contributed by atoms with Gasteiger partial charge in [-0.2, -0.15) is 0 Å². The van der Waals surface area contributed by atoms with E-state index in [2.05, 4.69) is 40.0 Å². The maximum absolute atomic E-state index is 6.51. The van der Waals surface area contributed by atoms with E-state index in [4.69, 9.17) is 5.73 Å². The molecule has 0 aliphatic heterocycles. The van der Waals surface area contributed by atoms with Crippen molar-refractivity contribution in [1.29, 1.82) is 0 Å². The molecular formula is C15H17BrN2. The summed E-state index contributed by atoms with van der Waals surface area (Å²) in [5, 5.41) is 0. The second-order valence-corrected chi connectivity index (χ2v) is 5.44. The number of hydrogen-bond acceptors (Lipinski definition) is 2. The Hall–Kier alpha value is -1.19. The summed E-state index contributed by atoms with van der Waals surface area (Å²) in [6.07, 6.45) is 3.46. The quantitative estimate of drug-likeness (QED) is 0.936. The summed E-state index contributed by atoms with van der Waals surface area (Å²) < 4.78 is 1.09. The predicted molar refractivity (Wildman–Crippen MR) is 78.2 cm³/mol.